The van der Waals surface area contributed by atoms with Crippen LogP contribution in [0, 0.1) is 0 Å². The third kappa shape index (κ3) is 5.08. The lowest BCUT2D eigenvalue weighted by molar-refractivity contribution is -0.136. The highest BCUT2D eigenvalue weighted by Gasteiger charge is 2.33. The SMILES string of the molecule is CCOc1cc([C@@H]2C(C(=O)OC)=C(C)N=c3sc(=Cc4cc(OCC)c(OC)cc4Br)c(=O)n32)ccc1O. The molecule has 1 aliphatic heterocycles. The largest absolute Gasteiger partial charge is 0.504 e. The molecule has 11 heteroatoms. The molecular formula is C27H27BrN2O7S. The zero-order chi connectivity index (χ0) is 27.6. The van der Waals surface area contributed by atoms with Crippen molar-refractivity contribution in [2.75, 3.05) is 27.4 Å². The van der Waals surface area contributed by atoms with Crippen molar-refractivity contribution in [2.45, 2.75) is 26.8 Å². The fourth-order valence-electron chi connectivity index (χ4n) is 4.21. The number of aromatic nitrogens is 1. The summed E-state index contributed by atoms with van der Waals surface area (Å²) in [6.45, 7) is 6.16. The Morgan fingerprint density at radius 3 is 2.50 bits per heavy atom. The van der Waals surface area contributed by atoms with E-state index in [1.54, 1.807) is 51.3 Å². The summed E-state index contributed by atoms with van der Waals surface area (Å²) in [5.41, 5.74) is 1.61. The monoisotopic (exact) mass is 602 g/mol. The Balaban J connectivity index is 1.96. The standard InChI is InChI=1S/C27H27BrN2O7S/c1-6-36-19-10-15(8-9-18(19)31)24-23(26(33)35-5)14(3)29-27-30(24)25(32)22(38-27)12-16-11-21(37-7-2)20(34-4)13-17(16)28/h8-13,24,31H,6-7H2,1-5H3/t24-/m1/s1. The van der Waals surface area contributed by atoms with Crippen LogP contribution in [0.25, 0.3) is 6.08 Å². The highest BCUT2D eigenvalue weighted by Crippen LogP contribution is 2.36. The summed E-state index contributed by atoms with van der Waals surface area (Å²) in [5, 5.41) is 10.2. The molecule has 3 aromatic rings. The maximum atomic E-state index is 13.8. The Morgan fingerprint density at radius 1 is 1.13 bits per heavy atom. The molecule has 1 aliphatic rings. The van der Waals surface area contributed by atoms with Crippen LogP contribution in [0.15, 0.2) is 55.9 Å². The first-order valence-electron chi connectivity index (χ1n) is 11.8. The van der Waals surface area contributed by atoms with Crippen molar-refractivity contribution in [1.29, 1.82) is 0 Å². The lowest BCUT2D eigenvalue weighted by Gasteiger charge is -2.24. The number of phenolic OH excluding ortho intramolecular Hbond substituents is 1. The van der Waals surface area contributed by atoms with Gasteiger partial charge >= 0.3 is 5.97 Å². The highest BCUT2D eigenvalue weighted by atomic mass is 79.9. The number of phenols is 1. The highest BCUT2D eigenvalue weighted by molar-refractivity contribution is 9.10. The minimum atomic E-state index is -0.834. The lowest BCUT2D eigenvalue weighted by atomic mass is 9.95. The number of allylic oxidation sites excluding steroid dienone is 1. The van der Waals surface area contributed by atoms with Gasteiger partial charge in [-0.2, -0.15) is 0 Å². The third-order valence-electron chi connectivity index (χ3n) is 5.90. The molecule has 0 saturated heterocycles. The maximum Gasteiger partial charge on any atom is 0.338 e. The molecular weight excluding hydrogens is 576 g/mol. The van der Waals surface area contributed by atoms with Crippen LogP contribution >= 0.6 is 27.3 Å². The summed E-state index contributed by atoms with van der Waals surface area (Å²) in [7, 11) is 2.84. The summed E-state index contributed by atoms with van der Waals surface area (Å²) in [6, 6.07) is 7.49. The Morgan fingerprint density at radius 2 is 1.84 bits per heavy atom. The molecule has 0 amide bonds. The summed E-state index contributed by atoms with van der Waals surface area (Å²) in [5.74, 6) is 0.713. The van der Waals surface area contributed by atoms with Crippen LogP contribution in [0.3, 0.4) is 0 Å². The molecule has 0 radical (unpaired) electrons. The van der Waals surface area contributed by atoms with Crippen molar-refractivity contribution in [1.82, 2.24) is 4.57 Å². The number of fused-ring (bicyclic) bond motifs is 1. The van der Waals surface area contributed by atoms with Gasteiger partial charge in [-0.3, -0.25) is 9.36 Å². The average Bonchev–Trinajstić information content (AvgIpc) is 3.20. The Hall–Kier alpha value is -3.57. The zero-order valence-electron chi connectivity index (χ0n) is 21.5. The van der Waals surface area contributed by atoms with E-state index in [2.05, 4.69) is 20.9 Å². The molecule has 38 heavy (non-hydrogen) atoms. The number of halogens is 1. The van der Waals surface area contributed by atoms with Crippen molar-refractivity contribution in [3.8, 4) is 23.0 Å². The van der Waals surface area contributed by atoms with E-state index < -0.39 is 12.0 Å². The molecule has 0 aliphatic carbocycles. The minimum absolute atomic E-state index is 0.0437. The number of rotatable bonds is 8. The van der Waals surface area contributed by atoms with Crippen LogP contribution in [0.5, 0.6) is 23.0 Å². The van der Waals surface area contributed by atoms with Crippen LogP contribution in [-0.4, -0.2) is 43.1 Å². The van der Waals surface area contributed by atoms with Crippen LogP contribution in [0.4, 0.5) is 0 Å². The third-order valence-corrected chi connectivity index (χ3v) is 7.57. The number of carbonyl (C=O) groups excluding carboxylic acids is 1. The number of nitrogens with zero attached hydrogens (tertiary/aromatic N) is 2. The molecule has 0 saturated carbocycles. The first kappa shape index (κ1) is 27.5. The number of benzene rings is 2. The second-order valence-corrected chi connectivity index (χ2v) is 10.1. The van der Waals surface area contributed by atoms with E-state index in [-0.39, 0.29) is 22.6 Å². The van der Waals surface area contributed by atoms with E-state index in [1.807, 2.05) is 6.92 Å². The van der Waals surface area contributed by atoms with E-state index in [0.717, 1.165) is 0 Å². The first-order chi connectivity index (χ1) is 18.2. The normalized spacial score (nSPS) is 15.1. The number of hydrogen-bond donors (Lipinski definition) is 1. The van der Waals surface area contributed by atoms with Gasteiger partial charge in [-0.15, -0.1) is 0 Å². The predicted octanol–water partition coefficient (Wildman–Crippen LogP) is 3.68. The van der Waals surface area contributed by atoms with E-state index >= 15 is 0 Å². The van der Waals surface area contributed by atoms with Gasteiger partial charge < -0.3 is 24.1 Å². The lowest BCUT2D eigenvalue weighted by Crippen LogP contribution is -2.39. The van der Waals surface area contributed by atoms with Crippen molar-refractivity contribution in [3.63, 3.8) is 0 Å². The van der Waals surface area contributed by atoms with Gasteiger partial charge in [0.15, 0.2) is 27.8 Å². The van der Waals surface area contributed by atoms with Crippen molar-refractivity contribution >= 4 is 39.3 Å². The number of aromatic hydroxyl groups is 1. The van der Waals surface area contributed by atoms with E-state index in [0.29, 0.717) is 55.3 Å². The molecule has 2 heterocycles. The van der Waals surface area contributed by atoms with Gasteiger partial charge in [-0.05, 0) is 62.2 Å². The molecule has 1 aromatic heterocycles. The minimum Gasteiger partial charge on any atom is -0.504 e. The van der Waals surface area contributed by atoms with Gasteiger partial charge in [-0.25, -0.2) is 9.79 Å². The molecule has 0 spiro atoms. The first-order valence-corrected chi connectivity index (χ1v) is 13.4. The van der Waals surface area contributed by atoms with Gasteiger partial charge in [0.05, 0.1) is 49.3 Å². The average molecular weight is 603 g/mol. The fourth-order valence-corrected chi connectivity index (χ4v) is 5.68. The summed E-state index contributed by atoms with van der Waals surface area (Å²) in [4.78, 5) is 31.7. The molecule has 1 atom stereocenters. The van der Waals surface area contributed by atoms with E-state index in [9.17, 15) is 14.7 Å². The van der Waals surface area contributed by atoms with Gasteiger partial charge in [0.1, 0.15) is 0 Å². The summed E-state index contributed by atoms with van der Waals surface area (Å²) >= 11 is 4.76. The van der Waals surface area contributed by atoms with E-state index in [4.69, 9.17) is 18.9 Å². The molecule has 0 fully saturated rings. The van der Waals surface area contributed by atoms with Gasteiger partial charge in [-0.1, -0.05) is 33.3 Å². The van der Waals surface area contributed by atoms with Crippen molar-refractivity contribution in [2.24, 2.45) is 4.99 Å². The topological polar surface area (TPSA) is 109 Å². The van der Waals surface area contributed by atoms with Crippen LogP contribution in [0.2, 0.25) is 0 Å². The molecule has 2 aromatic carbocycles. The molecule has 9 nitrogen and oxygen atoms in total. The molecule has 0 bridgehead atoms. The molecule has 0 unspecified atom stereocenters. The smallest absolute Gasteiger partial charge is 0.338 e. The Bertz CT molecular complexity index is 1610. The summed E-state index contributed by atoms with van der Waals surface area (Å²) in [6.07, 6.45) is 1.74. The number of thiazole rings is 1. The summed E-state index contributed by atoms with van der Waals surface area (Å²) < 4.78 is 24.3. The second kappa shape index (κ2) is 11.4. The van der Waals surface area contributed by atoms with Crippen molar-refractivity contribution < 1.29 is 28.8 Å². The number of hydrogen-bond acceptors (Lipinski definition) is 9. The predicted molar refractivity (Wildman–Crippen MR) is 147 cm³/mol. The van der Waals surface area contributed by atoms with Gasteiger partial charge in [0, 0.05) is 4.47 Å². The number of esters is 1. The molecule has 4 rings (SSSR count). The maximum absolute atomic E-state index is 13.8. The fraction of sp³-hybridized carbons (Fsp3) is 0.296. The van der Waals surface area contributed by atoms with Crippen LogP contribution < -0.4 is 29.1 Å². The zero-order valence-corrected chi connectivity index (χ0v) is 23.9. The van der Waals surface area contributed by atoms with Gasteiger partial charge in [0.2, 0.25) is 0 Å². The van der Waals surface area contributed by atoms with E-state index in [1.165, 1.54) is 29.1 Å². The Kier molecular flexibility index (Phi) is 8.27. The number of methoxy groups -OCH3 is 2. The van der Waals surface area contributed by atoms with Crippen LogP contribution in [0.1, 0.15) is 37.9 Å². The van der Waals surface area contributed by atoms with Crippen molar-refractivity contribution in [3.05, 3.63) is 76.9 Å². The number of ether oxygens (including phenoxy) is 4. The quantitative estimate of drug-likeness (QED) is 0.392. The number of carbonyl (C=O) groups is 1. The van der Waals surface area contributed by atoms with Crippen LogP contribution in [-0.2, 0) is 9.53 Å². The Labute approximate surface area is 231 Å². The van der Waals surface area contributed by atoms with Gasteiger partial charge in [0.25, 0.3) is 5.56 Å². The molecule has 1 N–H and O–H groups in total. The second-order valence-electron chi connectivity index (χ2n) is 8.19. The molecule has 200 valence electrons.